The number of aromatic nitrogens is 4. The van der Waals surface area contributed by atoms with Crippen LogP contribution in [0.2, 0.25) is 0 Å². The van der Waals surface area contributed by atoms with Crippen LogP contribution in [0.25, 0.3) is 33.7 Å². The van der Waals surface area contributed by atoms with Crippen LogP contribution in [0.3, 0.4) is 0 Å². The Morgan fingerprint density at radius 1 is 1.26 bits per heavy atom. The molecule has 3 N–H and O–H groups in total. The molecule has 0 radical (unpaired) electrons. The fraction of sp³-hybridized carbons (Fsp3) is 0.0500. The number of halogens is 1. The number of hydrogen-bond acceptors (Lipinski definition) is 3. The van der Waals surface area contributed by atoms with Crippen molar-refractivity contribution in [2.45, 2.75) is 6.54 Å². The van der Waals surface area contributed by atoms with E-state index in [1.165, 1.54) is 18.2 Å². The van der Waals surface area contributed by atoms with E-state index in [1.54, 1.807) is 12.3 Å². The average molecular weight is 361 g/mol. The molecule has 0 fully saturated rings. The molecule has 4 rings (SSSR count). The van der Waals surface area contributed by atoms with E-state index in [2.05, 4.69) is 32.1 Å². The highest BCUT2D eigenvalue weighted by molar-refractivity contribution is 5.93. The van der Waals surface area contributed by atoms with Crippen molar-refractivity contribution in [2.75, 3.05) is 0 Å². The number of hydrogen-bond donors (Lipinski definition) is 3. The van der Waals surface area contributed by atoms with E-state index >= 15 is 0 Å². The summed E-state index contributed by atoms with van der Waals surface area (Å²) in [4.78, 5) is 19.4. The number of carbonyl (C=O) groups is 1. The first-order chi connectivity index (χ1) is 13.2. The van der Waals surface area contributed by atoms with Gasteiger partial charge in [-0.25, -0.2) is 9.37 Å². The molecule has 2 aromatic heterocycles. The number of imidazole rings is 1. The van der Waals surface area contributed by atoms with E-state index in [9.17, 15) is 9.18 Å². The van der Waals surface area contributed by atoms with Crippen molar-refractivity contribution in [3.63, 3.8) is 0 Å². The summed E-state index contributed by atoms with van der Waals surface area (Å²) in [6.45, 7) is 3.73. The maximum atomic E-state index is 13.6. The minimum absolute atomic E-state index is 0.264. The first kappa shape index (κ1) is 16.7. The molecule has 0 aliphatic carbocycles. The normalized spacial score (nSPS) is 10.9. The second kappa shape index (κ2) is 6.87. The predicted octanol–water partition coefficient (Wildman–Crippen LogP) is 3.56. The first-order valence-electron chi connectivity index (χ1n) is 8.33. The minimum Gasteiger partial charge on any atom is -0.348 e. The number of amides is 1. The Kier molecular flexibility index (Phi) is 4.25. The van der Waals surface area contributed by atoms with Gasteiger partial charge in [-0.05, 0) is 29.8 Å². The van der Waals surface area contributed by atoms with Gasteiger partial charge in [0, 0.05) is 17.7 Å². The summed E-state index contributed by atoms with van der Waals surface area (Å²) < 4.78 is 13.6. The van der Waals surface area contributed by atoms with Crippen molar-refractivity contribution in [1.29, 1.82) is 0 Å². The molecule has 27 heavy (non-hydrogen) atoms. The highest BCUT2D eigenvalue weighted by Crippen LogP contribution is 2.30. The molecule has 0 atom stereocenters. The van der Waals surface area contributed by atoms with Gasteiger partial charge in [-0.3, -0.25) is 9.89 Å². The molecule has 0 aliphatic heterocycles. The largest absolute Gasteiger partial charge is 0.348 e. The Hall–Kier alpha value is -3.74. The molecule has 1 amide bonds. The summed E-state index contributed by atoms with van der Waals surface area (Å²) in [6, 6.07) is 12.1. The molecule has 0 bridgehead atoms. The molecule has 0 unspecified atom stereocenters. The predicted molar refractivity (Wildman–Crippen MR) is 101 cm³/mol. The van der Waals surface area contributed by atoms with Gasteiger partial charge < -0.3 is 10.3 Å². The lowest BCUT2D eigenvalue weighted by molar-refractivity contribution is -0.116. The summed E-state index contributed by atoms with van der Waals surface area (Å²) in [5.74, 6) is 0.0310. The molecule has 2 heterocycles. The molecular formula is C20H16FN5O. The van der Waals surface area contributed by atoms with Crippen LogP contribution in [0.1, 0.15) is 5.56 Å². The smallest absolute Gasteiger partial charge is 0.243 e. The minimum atomic E-state index is -0.297. The Morgan fingerprint density at radius 3 is 2.93 bits per heavy atom. The summed E-state index contributed by atoms with van der Waals surface area (Å²) in [7, 11) is 0. The van der Waals surface area contributed by atoms with Gasteiger partial charge in [0.15, 0.2) is 5.82 Å². The molecule has 134 valence electrons. The third kappa shape index (κ3) is 3.22. The lowest BCUT2D eigenvalue weighted by atomic mass is 10.0. The van der Waals surface area contributed by atoms with Gasteiger partial charge in [0.25, 0.3) is 0 Å². The van der Waals surface area contributed by atoms with Crippen LogP contribution in [0, 0.1) is 5.82 Å². The lowest BCUT2D eigenvalue weighted by Gasteiger charge is -2.02. The summed E-state index contributed by atoms with van der Waals surface area (Å²) in [5.41, 5.74) is 4.60. The van der Waals surface area contributed by atoms with Crippen LogP contribution in [-0.2, 0) is 11.3 Å². The van der Waals surface area contributed by atoms with E-state index < -0.39 is 0 Å². The fourth-order valence-corrected chi connectivity index (χ4v) is 2.94. The number of carbonyl (C=O) groups excluding carboxylic acids is 1. The number of nitrogens with one attached hydrogen (secondary N) is 3. The number of aromatic amines is 2. The number of benzene rings is 2. The maximum Gasteiger partial charge on any atom is 0.243 e. The van der Waals surface area contributed by atoms with Crippen LogP contribution in [0.15, 0.2) is 61.3 Å². The van der Waals surface area contributed by atoms with Crippen LogP contribution < -0.4 is 5.32 Å². The summed E-state index contributed by atoms with van der Waals surface area (Å²) >= 11 is 0. The SMILES string of the molecule is C=CC(=O)NCc1cn[nH]c1-c1nc2c(-c3cccc(F)c3)cccc2[nH]1. The molecule has 2 aromatic carbocycles. The highest BCUT2D eigenvalue weighted by Gasteiger charge is 2.15. The van der Waals surface area contributed by atoms with Gasteiger partial charge in [0.2, 0.25) is 5.91 Å². The molecule has 0 aliphatic rings. The van der Waals surface area contributed by atoms with Crippen molar-refractivity contribution < 1.29 is 9.18 Å². The van der Waals surface area contributed by atoms with E-state index in [1.807, 2.05) is 24.3 Å². The van der Waals surface area contributed by atoms with Crippen molar-refractivity contribution in [3.05, 3.63) is 72.7 Å². The standard InChI is InChI=1S/C20H16FN5O/c1-2-17(27)22-10-13-11-23-26-18(13)20-24-16-8-4-7-15(19(16)25-20)12-5-3-6-14(21)9-12/h2-9,11H,1,10H2,(H,22,27)(H,23,26)(H,24,25). The maximum absolute atomic E-state index is 13.6. The molecule has 7 heteroatoms. The Bertz CT molecular complexity index is 1140. The molecule has 6 nitrogen and oxygen atoms in total. The van der Waals surface area contributed by atoms with Gasteiger partial charge in [-0.2, -0.15) is 5.10 Å². The van der Waals surface area contributed by atoms with E-state index in [-0.39, 0.29) is 11.7 Å². The van der Waals surface area contributed by atoms with Crippen molar-refractivity contribution in [1.82, 2.24) is 25.5 Å². The third-order valence-corrected chi connectivity index (χ3v) is 4.24. The second-order valence-electron chi connectivity index (χ2n) is 5.99. The Morgan fingerprint density at radius 2 is 2.11 bits per heavy atom. The van der Waals surface area contributed by atoms with Crippen molar-refractivity contribution in [2.24, 2.45) is 0 Å². The van der Waals surface area contributed by atoms with Crippen LogP contribution in [-0.4, -0.2) is 26.1 Å². The zero-order chi connectivity index (χ0) is 18.8. The topological polar surface area (TPSA) is 86.5 Å². The molecule has 0 saturated carbocycles. The lowest BCUT2D eigenvalue weighted by Crippen LogP contribution is -2.20. The zero-order valence-corrected chi connectivity index (χ0v) is 14.3. The van der Waals surface area contributed by atoms with Gasteiger partial charge in [-0.1, -0.05) is 30.8 Å². The Balaban J connectivity index is 1.75. The molecular weight excluding hydrogens is 345 g/mol. The van der Waals surface area contributed by atoms with E-state index in [0.29, 0.717) is 18.1 Å². The number of nitrogens with zero attached hydrogens (tertiary/aromatic N) is 2. The number of rotatable bonds is 5. The van der Waals surface area contributed by atoms with Crippen molar-refractivity contribution in [3.8, 4) is 22.6 Å². The number of fused-ring (bicyclic) bond motifs is 1. The average Bonchev–Trinajstić information content (AvgIpc) is 3.31. The zero-order valence-electron chi connectivity index (χ0n) is 14.3. The fourth-order valence-electron chi connectivity index (χ4n) is 2.94. The van der Waals surface area contributed by atoms with E-state index in [4.69, 9.17) is 0 Å². The van der Waals surface area contributed by atoms with Crippen molar-refractivity contribution >= 4 is 16.9 Å². The molecule has 4 aromatic rings. The quantitative estimate of drug-likeness (QED) is 0.475. The number of para-hydroxylation sites is 1. The highest BCUT2D eigenvalue weighted by atomic mass is 19.1. The van der Waals surface area contributed by atoms with Crippen LogP contribution >= 0.6 is 0 Å². The van der Waals surface area contributed by atoms with Crippen LogP contribution in [0.5, 0.6) is 0 Å². The van der Waals surface area contributed by atoms with Gasteiger partial charge in [-0.15, -0.1) is 0 Å². The van der Waals surface area contributed by atoms with Gasteiger partial charge >= 0.3 is 0 Å². The molecule has 0 spiro atoms. The first-order valence-corrected chi connectivity index (χ1v) is 8.33. The molecule has 0 saturated heterocycles. The monoisotopic (exact) mass is 361 g/mol. The third-order valence-electron chi connectivity index (χ3n) is 4.24. The Labute approximate surface area is 154 Å². The summed E-state index contributed by atoms with van der Waals surface area (Å²) in [6.07, 6.45) is 2.85. The van der Waals surface area contributed by atoms with Gasteiger partial charge in [0.05, 0.1) is 17.2 Å². The number of H-pyrrole nitrogens is 2. The van der Waals surface area contributed by atoms with Gasteiger partial charge in [0.1, 0.15) is 11.5 Å². The van der Waals surface area contributed by atoms with Crippen LogP contribution in [0.4, 0.5) is 4.39 Å². The summed E-state index contributed by atoms with van der Waals surface area (Å²) in [5, 5.41) is 9.69. The second-order valence-corrected chi connectivity index (χ2v) is 5.99. The van der Waals surface area contributed by atoms with E-state index in [0.717, 1.165) is 27.7 Å².